The van der Waals surface area contributed by atoms with Crippen molar-refractivity contribution in [2.75, 3.05) is 14.7 Å². The predicted molar refractivity (Wildman–Crippen MR) is 411 cm³/mol. The molecule has 2 aliphatic rings. The van der Waals surface area contributed by atoms with E-state index in [1.807, 2.05) is 48.5 Å². The summed E-state index contributed by atoms with van der Waals surface area (Å²) in [7, 11) is -3.23. The van der Waals surface area contributed by atoms with Gasteiger partial charge in [0.05, 0.1) is 30.8 Å². The third-order valence-electron chi connectivity index (χ3n) is 19.9. The summed E-state index contributed by atoms with van der Waals surface area (Å²) >= 11 is 1.71. The second-order valence-corrected chi connectivity index (χ2v) is 36.8. The van der Waals surface area contributed by atoms with Gasteiger partial charge in [0.1, 0.15) is 13.7 Å². The molecule has 0 saturated carbocycles. The van der Waals surface area contributed by atoms with Crippen LogP contribution >= 0.6 is 11.3 Å². The van der Waals surface area contributed by atoms with Crippen LogP contribution in [-0.4, -0.2) is 14.8 Å². The van der Waals surface area contributed by atoms with Crippen LogP contribution < -0.4 is 40.8 Å². The van der Waals surface area contributed by atoms with Gasteiger partial charge in [-0.25, -0.2) is 0 Å². The average molecular weight is 1270 g/mol. The molecule has 4 nitrogen and oxygen atoms in total. The highest BCUT2D eigenvalue weighted by Crippen LogP contribution is 2.55. The van der Waals surface area contributed by atoms with Crippen molar-refractivity contribution in [1.82, 2.24) is 0 Å². The normalized spacial score (nSPS) is 14.9. The summed E-state index contributed by atoms with van der Waals surface area (Å²) in [5.74, 6) is 0.308. The fourth-order valence-electron chi connectivity index (χ4n) is 15.9. The second-order valence-electron chi connectivity index (χ2n) is 30.0. The van der Waals surface area contributed by atoms with Crippen molar-refractivity contribution in [2.24, 2.45) is 0 Å². The molecule has 15 rings (SSSR count). The Bertz CT molecular complexity index is 5610. The minimum absolute atomic E-state index is 0.0871. The van der Waals surface area contributed by atoms with Gasteiger partial charge in [-0.1, -0.05) is 272 Å². The quantitative estimate of drug-likeness (QED) is 0.127. The summed E-state index contributed by atoms with van der Waals surface area (Å²) in [6, 6.07) is 63.3. The minimum atomic E-state index is -3.23. The van der Waals surface area contributed by atoms with Gasteiger partial charge in [0.25, 0.3) is 6.71 Å². The Morgan fingerprint density at radius 3 is 1.73 bits per heavy atom. The van der Waals surface area contributed by atoms with Gasteiger partial charge in [-0.05, 0) is 155 Å². The molecule has 2 aliphatic heterocycles. The van der Waals surface area contributed by atoms with Crippen molar-refractivity contribution in [3.05, 3.63) is 265 Å². The SMILES string of the molecule is [2H]c1c([2H])c([2H])c(-c2ccc3sc4c(c3c2)N(c2ccc(C(C)(C)C)cc2)c2cc([Si](c3ccc(C(C)C)cc3)(C(C)(C)C)C(C)(C)C)cc3c2B4c2ccc(N(c4ccc(C(C)(C)C)cc4)c4ccccc4-c4c([2H])c([2H])c([2H])c([2H])c4[2H])cc2N3c2cccc3c2oc2ccccc23)c([2H])c1[2H]. The molecule has 0 spiro atoms. The summed E-state index contributed by atoms with van der Waals surface area (Å²) in [4.78, 5) is 7.08. The van der Waals surface area contributed by atoms with Gasteiger partial charge in [0.2, 0.25) is 0 Å². The first-order chi connectivity index (χ1) is 49.1. The van der Waals surface area contributed by atoms with E-state index in [9.17, 15) is 5.48 Å². The molecule has 466 valence electrons. The summed E-state index contributed by atoms with van der Waals surface area (Å²) in [6.07, 6.45) is 0. The van der Waals surface area contributed by atoms with E-state index < -0.39 is 51.0 Å². The zero-order valence-electron chi connectivity index (χ0n) is 66.2. The Morgan fingerprint density at radius 1 is 0.489 bits per heavy atom. The maximum atomic E-state index is 9.48. The lowest BCUT2D eigenvalue weighted by Crippen LogP contribution is -2.70. The lowest BCUT2D eigenvalue weighted by molar-refractivity contribution is 0.590. The van der Waals surface area contributed by atoms with E-state index in [0.29, 0.717) is 28.3 Å². The summed E-state index contributed by atoms with van der Waals surface area (Å²) in [5, 5.41) is 4.66. The van der Waals surface area contributed by atoms with Crippen LogP contribution in [0.15, 0.2) is 253 Å². The van der Waals surface area contributed by atoms with Crippen molar-refractivity contribution >= 4 is 135 Å². The summed E-state index contributed by atoms with van der Waals surface area (Å²) in [6.45, 7) is 31.9. The van der Waals surface area contributed by atoms with E-state index in [0.717, 1.165) is 93.2 Å². The van der Waals surface area contributed by atoms with Crippen LogP contribution in [0.4, 0.5) is 51.2 Å². The van der Waals surface area contributed by atoms with Crippen LogP contribution in [0.25, 0.3) is 54.3 Å². The van der Waals surface area contributed by atoms with Gasteiger partial charge in [-0.3, -0.25) is 0 Å². The van der Waals surface area contributed by atoms with Crippen molar-refractivity contribution in [2.45, 2.75) is 124 Å². The van der Waals surface area contributed by atoms with E-state index in [1.54, 1.807) is 11.3 Å². The molecular formula is C87H84BN3OSSi. The van der Waals surface area contributed by atoms with Gasteiger partial charge < -0.3 is 19.1 Å². The van der Waals surface area contributed by atoms with E-state index in [1.165, 1.54) is 21.5 Å². The number of fused-ring (bicyclic) bond motifs is 9. The first-order valence-corrected chi connectivity index (χ1v) is 35.7. The Hall–Kier alpha value is -9.14. The van der Waals surface area contributed by atoms with Gasteiger partial charge in [-0.2, -0.15) is 0 Å². The first kappa shape index (κ1) is 50.4. The van der Waals surface area contributed by atoms with Crippen molar-refractivity contribution in [3.8, 4) is 22.3 Å². The molecule has 0 amide bonds. The summed E-state index contributed by atoms with van der Waals surface area (Å²) < 4.78 is 100. The fraction of sp³-hybridized carbons (Fsp3) is 0.218. The van der Waals surface area contributed by atoms with E-state index >= 15 is 0 Å². The molecule has 0 aliphatic carbocycles. The zero-order valence-corrected chi connectivity index (χ0v) is 58.0. The number of hydrogen-bond donors (Lipinski definition) is 0. The number of nitrogens with zero attached hydrogens (tertiary/aromatic N) is 3. The molecule has 13 aromatic rings. The van der Waals surface area contributed by atoms with Gasteiger partial charge >= 0.3 is 0 Å². The van der Waals surface area contributed by atoms with Crippen molar-refractivity contribution in [1.29, 1.82) is 0 Å². The van der Waals surface area contributed by atoms with Crippen LogP contribution in [0.5, 0.6) is 0 Å². The molecule has 11 aromatic carbocycles. The molecule has 0 fully saturated rings. The molecular weight excluding hydrogens is 1170 g/mol. The minimum Gasteiger partial charge on any atom is -0.454 e. The average Bonchev–Trinajstić information content (AvgIpc) is 1.15. The third kappa shape index (κ3) is 9.90. The molecule has 94 heavy (non-hydrogen) atoms. The molecule has 2 aromatic heterocycles. The number of para-hydroxylation sites is 3. The smallest absolute Gasteiger partial charge is 0.264 e. The number of thiophene rings is 1. The van der Waals surface area contributed by atoms with Crippen molar-refractivity contribution < 1.29 is 18.1 Å². The van der Waals surface area contributed by atoms with Crippen LogP contribution in [0.3, 0.4) is 0 Å². The molecule has 0 bridgehead atoms. The monoisotopic (exact) mass is 1270 g/mol. The number of benzene rings is 11. The zero-order chi connectivity index (χ0) is 74.1. The maximum absolute atomic E-state index is 9.48. The largest absolute Gasteiger partial charge is 0.454 e. The van der Waals surface area contributed by atoms with E-state index in [2.05, 4.69) is 251 Å². The van der Waals surface area contributed by atoms with Crippen LogP contribution in [0.1, 0.15) is 133 Å². The Balaban J connectivity index is 1.13. The van der Waals surface area contributed by atoms with Crippen LogP contribution in [0.2, 0.25) is 10.1 Å². The molecule has 0 atom stereocenters. The maximum Gasteiger partial charge on any atom is 0.264 e. The lowest BCUT2D eigenvalue weighted by atomic mass is 9.36. The number of furan rings is 1. The number of rotatable bonds is 10. The predicted octanol–water partition coefficient (Wildman–Crippen LogP) is 22.6. The standard InChI is InChI=1S/C87H84BN3OSSi/c1-56(2)57-36-48-66(49-37-57)94(86(9,10)11,87(12,13)14)67-54-76-80-77(55-67)91(74-34-25-32-70-69-31-22-24-35-78(69)92-82(70)74)75-53-65(89(63-43-39-61(40-44-63)84(3,4)5)73-33-23-21-30-68(73)59-28-19-16-20-29-59)47-50-72(75)88(80)83-81(90(76)64-45-41-62(42-46-64)85(6,7)8)71-52-60(38-51-79(71)93-83)58-26-17-15-18-27-58/h15-56H,1-14H3/i15D,16D,17D,18D,19D,20D,26D,27D,28D,29D. The van der Waals surface area contributed by atoms with Crippen LogP contribution in [-0.2, 0) is 10.8 Å². The summed E-state index contributed by atoms with van der Waals surface area (Å²) in [5.41, 5.74) is 15.5. The highest BCUT2D eigenvalue weighted by molar-refractivity contribution is 7.33. The van der Waals surface area contributed by atoms with Gasteiger partial charge in [-0.15, -0.1) is 11.3 Å². The topological polar surface area (TPSA) is 22.9 Å². The first-order valence-electron chi connectivity index (χ1n) is 37.9. The second kappa shape index (κ2) is 22.5. The lowest BCUT2D eigenvalue weighted by Gasteiger charge is -2.54. The van der Waals surface area contributed by atoms with E-state index in [-0.39, 0.29) is 56.2 Å². The molecule has 4 heterocycles. The van der Waals surface area contributed by atoms with Crippen LogP contribution in [0, 0.1) is 0 Å². The van der Waals surface area contributed by atoms with Gasteiger partial charge in [0, 0.05) is 65.3 Å². The fourth-order valence-corrected chi connectivity index (χ4v) is 24.6. The molecule has 0 radical (unpaired) electrons. The molecule has 0 saturated heterocycles. The number of hydrogen-bond acceptors (Lipinski definition) is 5. The van der Waals surface area contributed by atoms with E-state index in [4.69, 9.17) is 12.6 Å². The Morgan fingerprint density at radius 2 is 1.09 bits per heavy atom. The highest BCUT2D eigenvalue weighted by Gasteiger charge is 2.57. The van der Waals surface area contributed by atoms with Crippen molar-refractivity contribution in [3.63, 3.8) is 0 Å². The molecule has 0 N–H and O–H groups in total. The number of anilines is 9. The highest BCUT2D eigenvalue weighted by atomic mass is 32.1. The Labute approximate surface area is 576 Å². The Kier molecular flexibility index (Phi) is 12.1. The molecule has 7 heteroatoms. The molecule has 0 unspecified atom stereocenters. The third-order valence-corrected chi connectivity index (χ3v) is 28.0. The van der Waals surface area contributed by atoms with Gasteiger partial charge in [0.15, 0.2) is 5.58 Å².